The molecule has 1 rings (SSSR count). The van der Waals surface area contributed by atoms with Gasteiger partial charge in [0.05, 0.1) is 11.7 Å². The first-order valence-electron chi connectivity index (χ1n) is 5.26. The molecule has 2 atom stereocenters. The Balaban J connectivity index is 2.67. The van der Waals surface area contributed by atoms with E-state index < -0.39 is 17.8 Å². The number of thioether (sulfide) groups is 1. The highest BCUT2D eigenvalue weighted by Gasteiger charge is 2.30. The minimum Gasteiger partial charge on any atom is -0.392 e. The number of aliphatic hydroxyl groups is 1. The molecule has 0 heterocycles. The fraction of sp³-hybridized carbons (Fsp3) is 0.500. The largest absolute Gasteiger partial charge is 0.416 e. The molecule has 5 heteroatoms. The molecule has 0 saturated carbocycles. The summed E-state index contributed by atoms with van der Waals surface area (Å²) in [5, 5.41) is 9.29. The molecule has 0 spiro atoms. The molecule has 1 nitrogen and oxygen atoms in total. The quantitative estimate of drug-likeness (QED) is 0.894. The number of halogens is 3. The molecule has 0 bridgehead atoms. The minimum absolute atomic E-state index is 0.00421. The summed E-state index contributed by atoms with van der Waals surface area (Å²) >= 11 is 1.44. The van der Waals surface area contributed by atoms with E-state index >= 15 is 0 Å². The first-order chi connectivity index (χ1) is 7.80. The first kappa shape index (κ1) is 14.4. The maximum atomic E-state index is 12.4. The van der Waals surface area contributed by atoms with Crippen LogP contribution in [0.3, 0.4) is 0 Å². The summed E-state index contributed by atoms with van der Waals surface area (Å²) in [7, 11) is 0. The SMILES string of the molecule is CC(O)C(C)SCc1cccc(C(F)(F)F)c1. The van der Waals surface area contributed by atoms with Crippen LogP contribution in [-0.4, -0.2) is 16.5 Å². The van der Waals surface area contributed by atoms with Crippen LogP contribution in [0.1, 0.15) is 25.0 Å². The van der Waals surface area contributed by atoms with E-state index in [-0.39, 0.29) is 5.25 Å². The molecule has 1 aromatic rings. The number of alkyl halides is 3. The van der Waals surface area contributed by atoms with Gasteiger partial charge in [-0.2, -0.15) is 24.9 Å². The summed E-state index contributed by atoms with van der Waals surface area (Å²) in [6.07, 6.45) is -4.76. The van der Waals surface area contributed by atoms with E-state index in [1.165, 1.54) is 17.8 Å². The molecule has 0 aliphatic rings. The monoisotopic (exact) mass is 264 g/mol. The number of rotatable bonds is 4. The first-order valence-corrected chi connectivity index (χ1v) is 6.31. The highest BCUT2D eigenvalue weighted by Crippen LogP contribution is 2.30. The average Bonchev–Trinajstić information content (AvgIpc) is 2.25. The molecule has 0 aliphatic carbocycles. The van der Waals surface area contributed by atoms with Crippen molar-refractivity contribution in [3.05, 3.63) is 35.4 Å². The van der Waals surface area contributed by atoms with Crippen molar-refractivity contribution in [3.8, 4) is 0 Å². The average molecular weight is 264 g/mol. The molecule has 0 fully saturated rings. The molecule has 0 aromatic heterocycles. The van der Waals surface area contributed by atoms with E-state index in [1.54, 1.807) is 13.0 Å². The molecule has 96 valence electrons. The number of hydrogen-bond donors (Lipinski definition) is 1. The van der Waals surface area contributed by atoms with Gasteiger partial charge in [-0.3, -0.25) is 0 Å². The van der Waals surface area contributed by atoms with Gasteiger partial charge < -0.3 is 5.11 Å². The maximum absolute atomic E-state index is 12.4. The Kier molecular flexibility index (Phi) is 4.89. The zero-order chi connectivity index (χ0) is 13.1. The molecular formula is C12H15F3OS. The number of hydrogen-bond acceptors (Lipinski definition) is 2. The van der Waals surface area contributed by atoms with Crippen molar-refractivity contribution in [2.24, 2.45) is 0 Å². The van der Waals surface area contributed by atoms with E-state index in [0.717, 1.165) is 12.1 Å². The zero-order valence-corrected chi connectivity index (χ0v) is 10.5. The maximum Gasteiger partial charge on any atom is 0.416 e. The predicted octanol–water partition coefficient (Wildman–Crippen LogP) is 3.71. The second kappa shape index (κ2) is 5.78. The van der Waals surface area contributed by atoms with Crippen molar-refractivity contribution in [2.45, 2.75) is 37.1 Å². The van der Waals surface area contributed by atoms with Crippen LogP contribution in [0.4, 0.5) is 13.2 Å². The number of aliphatic hydroxyl groups excluding tert-OH is 1. The lowest BCUT2D eigenvalue weighted by atomic mass is 10.1. The zero-order valence-electron chi connectivity index (χ0n) is 9.66. The smallest absolute Gasteiger partial charge is 0.392 e. The normalized spacial score (nSPS) is 15.6. The Morgan fingerprint density at radius 2 is 1.94 bits per heavy atom. The summed E-state index contributed by atoms with van der Waals surface area (Å²) in [4.78, 5) is 0. The second-order valence-electron chi connectivity index (χ2n) is 3.95. The second-order valence-corrected chi connectivity index (χ2v) is 5.32. The van der Waals surface area contributed by atoms with E-state index in [1.807, 2.05) is 6.92 Å². The van der Waals surface area contributed by atoms with Gasteiger partial charge in [0.15, 0.2) is 0 Å². The van der Waals surface area contributed by atoms with E-state index in [4.69, 9.17) is 0 Å². The highest BCUT2D eigenvalue weighted by molar-refractivity contribution is 7.99. The molecule has 0 aliphatic heterocycles. The molecule has 2 unspecified atom stereocenters. The molecule has 1 N–H and O–H groups in total. The summed E-state index contributed by atoms with van der Waals surface area (Å²) in [6.45, 7) is 3.52. The number of benzene rings is 1. The molecule has 0 saturated heterocycles. The summed E-state index contributed by atoms with van der Waals surface area (Å²) < 4.78 is 37.3. The Morgan fingerprint density at radius 1 is 1.29 bits per heavy atom. The molecule has 17 heavy (non-hydrogen) atoms. The lowest BCUT2D eigenvalue weighted by Gasteiger charge is -2.14. The minimum atomic E-state index is -4.30. The van der Waals surface area contributed by atoms with Gasteiger partial charge in [0.1, 0.15) is 0 Å². The topological polar surface area (TPSA) is 20.2 Å². The molecule has 1 aromatic carbocycles. The van der Waals surface area contributed by atoms with Gasteiger partial charge in [-0.15, -0.1) is 0 Å². The van der Waals surface area contributed by atoms with Crippen LogP contribution in [0.15, 0.2) is 24.3 Å². The Labute approximate surface area is 103 Å². The van der Waals surface area contributed by atoms with Crippen molar-refractivity contribution in [3.63, 3.8) is 0 Å². The standard InChI is InChI=1S/C12H15F3OS/c1-8(16)9(2)17-7-10-4-3-5-11(6-10)12(13,14)15/h3-6,8-9,16H,7H2,1-2H3. The summed E-state index contributed by atoms with van der Waals surface area (Å²) in [5.41, 5.74) is -0.00220. The third-order valence-electron chi connectivity index (χ3n) is 2.45. The van der Waals surface area contributed by atoms with E-state index in [9.17, 15) is 18.3 Å². The van der Waals surface area contributed by atoms with Gasteiger partial charge in [-0.25, -0.2) is 0 Å². The van der Waals surface area contributed by atoms with Crippen LogP contribution in [0.5, 0.6) is 0 Å². The van der Waals surface area contributed by atoms with Crippen molar-refractivity contribution < 1.29 is 18.3 Å². The fourth-order valence-electron chi connectivity index (χ4n) is 1.20. The molecule has 0 amide bonds. The van der Waals surface area contributed by atoms with Crippen LogP contribution < -0.4 is 0 Å². The molecular weight excluding hydrogens is 249 g/mol. The third-order valence-corrected chi connectivity index (χ3v) is 3.87. The van der Waals surface area contributed by atoms with Crippen molar-refractivity contribution in [2.75, 3.05) is 0 Å². The van der Waals surface area contributed by atoms with Crippen molar-refractivity contribution in [1.82, 2.24) is 0 Å². The highest BCUT2D eigenvalue weighted by atomic mass is 32.2. The van der Waals surface area contributed by atoms with Crippen LogP contribution in [-0.2, 0) is 11.9 Å². The predicted molar refractivity (Wildman–Crippen MR) is 63.9 cm³/mol. The van der Waals surface area contributed by atoms with Gasteiger partial charge in [-0.05, 0) is 18.6 Å². The lowest BCUT2D eigenvalue weighted by molar-refractivity contribution is -0.137. The van der Waals surface area contributed by atoms with Crippen LogP contribution >= 0.6 is 11.8 Å². The fourth-order valence-corrected chi connectivity index (χ4v) is 2.12. The summed E-state index contributed by atoms with van der Waals surface area (Å²) in [6, 6.07) is 5.29. The van der Waals surface area contributed by atoms with E-state index in [0.29, 0.717) is 11.3 Å². The van der Waals surface area contributed by atoms with Gasteiger partial charge >= 0.3 is 6.18 Å². The molecule has 0 radical (unpaired) electrons. The van der Waals surface area contributed by atoms with Crippen LogP contribution in [0.25, 0.3) is 0 Å². The third kappa shape index (κ3) is 4.60. The Morgan fingerprint density at radius 3 is 2.47 bits per heavy atom. The van der Waals surface area contributed by atoms with Gasteiger partial charge in [-0.1, -0.05) is 25.1 Å². The van der Waals surface area contributed by atoms with Gasteiger partial charge in [0.25, 0.3) is 0 Å². The van der Waals surface area contributed by atoms with Crippen molar-refractivity contribution >= 4 is 11.8 Å². The van der Waals surface area contributed by atoms with E-state index in [2.05, 4.69) is 0 Å². The summed E-state index contributed by atoms with van der Waals surface area (Å²) in [5.74, 6) is 0.468. The van der Waals surface area contributed by atoms with Crippen LogP contribution in [0, 0.1) is 0 Å². The Hall–Kier alpha value is -0.680. The van der Waals surface area contributed by atoms with Crippen molar-refractivity contribution in [1.29, 1.82) is 0 Å². The Bertz CT molecular complexity index is 363. The van der Waals surface area contributed by atoms with Gasteiger partial charge in [0, 0.05) is 11.0 Å². The van der Waals surface area contributed by atoms with Gasteiger partial charge in [0.2, 0.25) is 0 Å². The van der Waals surface area contributed by atoms with Crippen LogP contribution in [0.2, 0.25) is 0 Å². The lowest BCUT2D eigenvalue weighted by Crippen LogP contribution is -2.15.